The summed E-state index contributed by atoms with van der Waals surface area (Å²) in [6.07, 6.45) is 1.33. The van der Waals surface area contributed by atoms with E-state index in [0.29, 0.717) is 17.5 Å². The molecule has 0 amide bonds. The molecule has 0 spiro atoms. The van der Waals surface area contributed by atoms with Crippen LogP contribution in [0, 0.1) is 6.92 Å². The molecule has 0 unspecified atom stereocenters. The Bertz CT molecular complexity index is 463. The molecular formula is C10H14O4S. The maximum atomic E-state index is 11.1. The summed E-state index contributed by atoms with van der Waals surface area (Å²) in [4.78, 5) is -0.193. The summed E-state index contributed by atoms with van der Waals surface area (Å²) >= 11 is 0. The molecule has 0 aliphatic carbocycles. The van der Waals surface area contributed by atoms with Crippen LogP contribution in [0.5, 0.6) is 5.75 Å². The molecule has 0 radical (unpaired) electrons. The van der Waals surface area contributed by atoms with E-state index >= 15 is 0 Å². The number of phenolic OH excluding ortho intramolecular Hbond substituents is 1. The Morgan fingerprint density at radius 1 is 1.33 bits per heavy atom. The Morgan fingerprint density at radius 2 is 1.93 bits per heavy atom. The average molecular weight is 230 g/mol. The van der Waals surface area contributed by atoms with Crippen molar-refractivity contribution in [3.8, 4) is 5.75 Å². The van der Waals surface area contributed by atoms with E-state index in [9.17, 15) is 13.5 Å². The number of hydrogen-bond acceptors (Lipinski definition) is 3. The van der Waals surface area contributed by atoms with Gasteiger partial charge in [0.1, 0.15) is 10.6 Å². The van der Waals surface area contributed by atoms with Crippen molar-refractivity contribution in [2.45, 2.75) is 31.6 Å². The summed E-state index contributed by atoms with van der Waals surface area (Å²) in [5.74, 6) is -0.153. The van der Waals surface area contributed by atoms with Gasteiger partial charge in [-0.25, -0.2) is 0 Å². The van der Waals surface area contributed by atoms with Crippen molar-refractivity contribution in [2.75, 3.05) is 0 Å². The first-order valence-electron chi connectivity index (χ1n) is 4.66. The van der Waals surface area contributed by atoms with Gasteiger partial charge in [0.15, 0.2) is 0 Å². The van der Waals surface area contributed by atoms with Crippen LogP contribution < -0.4 is 0 Å². The molecular weight excluding hydrogens is 216 g/mol. The quantitative estimate of drug-likeness (QED) is 0.778. The van der Waals surface area contributed by atoms with E-state index in [1.807, 2.05) is 6.92 Å². The van der Waals surface area contributed by atoms with Crippen LogP contribution in [-0.2, 0) is 16.5 Å². The molecule has 0 saturated carbocycles. The lowest BCUT2D eigenvalue weighted by atomic mass is 10.0. The van der Waals surface area contributed by atoms with Crippen molar-refractivity contribution in [3.63, 3.8) is 0 Å². The second-order valence-electron chi connectivity index (χ2n) is 3.46. The second kappa shape index (κ2) is 4.20. The van der Waals surface area contributed by atoms with Gasteiger partial charge in [-0.2, -0.15) is 8.42 Å². The van der Waals surface area contributed by atoms with Crippen LogP contribution >= 0.6 is 0 Å². The Morgan fingerprint density at radius 3 is 2.40 bits per heavy atom. The molecule has 0 fully saturated rings. The fraction of sp³-hybridized carbons (Fsp3) is 0.400. The van der Waals surface area contributed by atoms with E-state index in [-0.39, 0.29) is 10.6 Å². The van der Waals surface area contributed by atoms with E-state index in [4.69, 9.17) is 4.55 Å². The van der Waals surface area contributed by atoms with Gasteiger partial charge in [0, 0.05) is 6.07 Å². The third-order valence-electron chi connectivity index (χ3n) is 2.19. The molecule has 0 aliphatic rings. The van der Waals surface area contributed by atoms with Gasteiger partial charge >= 0.3 is 0 Å². The SMILES string of the molecule is CCCc1c(C)cc(O)cc1S(=O)(=O)O. The summed E-state index contributed by atoms with van der Waals surface area (Å²) in [6.45, 7) is 3.62. The van der Waals surface area contributed by atoms with Crippen LogP contribution in [0.2, 0.25) is 0 Å². The maximum Gasteiger partial charge on any atom is 0.294 e. The van der Waals surface area contributed by atoms with Gasteiger partial charge < -0.3 is 5.11 Å². The number of rotatable bonds is 3. The predicted octanol–water partition coefficient (Wildman–Crippen LogP) is 1.90. The van der Waals surface area contributed by atoms with E-state index in [1.165, 1.54) is 6.07 Å². The average Bonchev–Trinajstić information content (AvgIpc) is 2.07. The second-order valence-corrected chi connectivity index (χ2v) is 4.85. The molecule has 2 N–H and O–H groups in total. The van der Waals surface area contributed by atoms with E-state index in [0.717, 1.165) is 12.5 Å². The van der Waals surface area contributed by atoms with Gasteiger partial charge in [-0.05, 0) is 30.5 Å². The molecule has 4 nitrogen and oxygen atoms in total. The number of hydrogen-bond donors (Lipinski definition) is 2. The highest BCUT2D eigenvalue weighted by atomic mass is 32.2. The van der Waals surface area contributed by atoms with Gasteiger partial charge in [-0.1, -0.05) is 13.3 Å². The van der Waals surface area contributed by atoms with Gasteiger partial charge in [-0.3, -0.25) is 4.55 Å². The predicted molar refractivity (Wildman–Crippen MR) is 56.7 cm³/mol. The first kappa shape index (κ1) is 12.0. The van der Waals surface area contributed by atoms with Crippen LogP contribution in [0.1, 0.15) is 24.5 Å². The van der Waals surface area contributed by atoms with Crippen LogP contribution in [0.15, 0.2) is 17.0 Å². The van der Waals surface area contributed by atoms with Gasteiger partial charge in [-0.15, -0.1) is 0 Å². The lowest BCUT2D eigenvalue weighted by Crippen LogP contribution is -2.05. The lowest BCUT2D eigenvalue weighted by Gasteiger charge is -2.10. The summed E-state index contributed by atoms with van der Waals surface area (Å²) in [6, 6.07) is 2.56. The highest BCUT2D eigenvalue weighted by Gasteiger charge is 2.17. The zero-order chi connectivity index (χ0) is 11.6. The van der Waals surface area contributed by atoms with Crippen molar-refractivity contribution >= 4 is 10.1 Å². The monoisotopic (exact) mass is 230 g/mol. The van der Waals surface area contributed by atoms with Gasteiger partial charge in [0.25, 0.3) is 10.1 Å². The Kier molecular flexibility index (Phi) is 3.36. The normalized spacial score (nSPS) is 11.7. The minimum absolute atomic E-state index is 0.153. The summed E-state index contributed by atoms with van der Waals surface area (Å²) in [7, 11) is -4.26. The van der Waals surface area contributed by atoms with Crippen LogP contribution in [0.3, 0.4) is 0 Å². The molecule has 5 heteroatoms. The van der Waals surface area contributed by atoms with Gasteiger partial charge in [0.05, 0.1) is 0 Å². The zero-order valence-electron chi connectivity index (χ0n) is 8.69. The van der Waals surface area contributed by atoms with E-state index in [2.05, 4.69) is 0 Å². The van der Waals surface area contributed by atoms with Crippen molar-refractivity contribution < 1.29 is 18.1 Å². The fourth-order valence-corrected chi connectivity index (χ4v) is 2.41. The standard InChI is InChI=1S/C10H14O4S/c1-3-4-9-7(2)5-8(11)6-10(9)15(12,13)14/h5-6,11H,3-4H2,1-2H3,(H,12,13,14). The number of phenols is 1. The molecule has 0 aliphatic heterocycles. The zero-order valence-corrected chi connectivity index (χ0v) is 9.50. The molecule has 1 rings (SSSR count). The molecule has 0 bridgehead atoms. The number of benzene rings is 1. The molecule has 15 heavy (non-hydrogen) atoms. The van der Waals surface area contributed by atoms with Crippen LogP contribution in [-0.4, -0.2) is 18.1 Å². The van der Waals surface area contributed by atoms with Crippen molar-refractivity contribution in [1.82, 2.24) is 0 Å². The third-order valence-corrected chi connectivity index (χ3v) is 3.11. The summed E-state index contributed by atoms with van der Waals surface area (Å²) < 4.78 is 31.2. The molecule has 0 aromatic heterocycles. The van der Waals surface area contributed by atoms with Crippen LogP contribution in [0.25, 0.3) is 0 Å². The first-order chi connectivity index (χ1) is 6.86. The first-order valence-corrected chi connectivity index (χ1v) is 6.10. The molecule has 84 valence electrons. The van der Waals surface area contributed by atoms with Gasteiger partial charge in [0.2, 0.25) is 0 Å². The largest absolute Gasteiger partial charge is 0.508 e. The summed E-state index contributed by atoms with van der Waals surface area (Å²) in [5, 5.41) is 9.27. The fourth-order valence-electron chi connectivity index (χ4n) is 1.57. The van der Waals surface area contributed by atoms with E-state index in [1.54, 1.807) is 6.92 Å². The Labute approximate surface area is 89.3 Å². The highest BCUT2D eigenvalue weighted by molar-refractivity contribution is 7.85. The Balaban J connectivity index is 3.47. The number of aryl methyl sites for hydroxylation is 1. The molecule has 1 aromatic rings. The molecule has 0 saturated heterocycles. The lowest BCUT2D eigenvalue weighted by molar-refractivity contribution is 0.464. The van der Waals surface area contributed by atoms with Crippen LogP contribution in [0.4, 0.5) is 0 Å². The Hall–Kier alpha value is -1.07. The smallest absolute Gasteiger partial charge is 0.294 e. The van der Waals surface area contributed by atoms with E-state index < -0.39 is 10.1 Å². The molecule has 0 atom stereocenters. The minimum atomic E-state index is -4.26. The highest BCUT2D eigenvalue weighted by Crippen LogP contribution is 2.26. The maximum absolute atomic E-state index is 11.1. The van der Waals surface area contributed by atoms with Crippen molar-refractivity contribution in [2.24, 2.45) is 0 Å². The number of aromatic hydroxyl groups is 1. The topological polar surface area (TPSA) is 74.6 Å². The van der Waals surface area contributed by atoms with Crippen molar-refractivity contribution in [3.05, 3.63) is 23.3 Å². The van der Waals surface area contributed by atoms with Crippen molar-refractivity contribution in [1.29, 1.82) is 0 Å². The third kappa shape index (κ3) is 2.70. The molecule has 1 aromatic carbocycles. The molecule has 0 heterocycles. The minimum Gasteiger partial charge on any atom is -0.508 e. The summed E-state index contributed by atoms with van der Waals surface area (Å²) in [5.41, 5.74) is 1.24.